The lowest BCUT2D eigenvalue weighted by Gasteiger charge is -2.31. The monoisotopic (exact) mass is 248 g/mol. The van der Waals surface area contributed by atoms with Gasteiger partial charge in [0.15, 0.2) is 0 Å². The van der Waals surface area contributed by atoms with E-state index in [1.54, 1.807) is 7.11 Å². The maximum atomic E-state index is 10.5. The Morgan fingerprint density at radius 1 is 1.33 bits per heavy atom. The van der Waals surface area contributed by atoms with E-state index in [9.17, 15) is 5.11 Å². The molecular weight excluding hydrogens is 224 g/mol. The quantitative estimate of drug-likeness (QED) is 0.858. The summed E-state index contributed by atoms with van der Waals surface area (Å²) in [5.74, 6) is 0.654. The summed E-state index contributed by atoms with van der Waals surface area (Å²) in [7, 11) is 1.70. The van der Waals surface area contributed by atoms with E-state index in [0.29, 0.717) is 12.3 Å². The predicted molar refractivity (Wildman–Crippen MR) is 73.7 cm³/mol. The van der Waals surface area contributed by atoms with Gasteiger partial charge >= 0.3 is 0 Å². The first-order valence-electron chi connectivity index (χ1n) is 6.85. The molecule has 1 N–H and O–H groups in total. The molecule has 1 saturated carbocycles. The van der Waals surface area contributed by atoms with Crippen LogP contribution in [0.15, 0.2) is 24.3 Å². The molecule has 2 nitrogen and oxygen atoms in total. The fraction of sp³-hybridized carbons (Fsp3) is 0.625. The molecule has 2 heteroatoms. The molecule has 100 valence electrons. The van der Waals surface area contributed by atoms with Crippen molar-refractivity contribution < 1.29 is 9.84 Å². The zero-order valence-corrected chi connectivity index (χ0v) is 11.6. The number of hydrogen-bond donors (Lipinski definition) is 1. The van der Waals surface area contributed by atoms with Gasteiger partial charge in [0.25, 0.3) is 0 Å². The number of aliphatic hydroxyl groups is 1. The summed E-state index contributed by atoms with van der Waals surface area (Å²) in [5.41, 5.74) is 2.14. The molecule has 1 aliphatic carbocycles. The second kappa shape index (κ2) is 5.41. The molecule has 0 aliphatic heterocycles. The Morgan fingerprint density at radius 3 is 2.56 bits per heavy atom. The van der Waals surface area contributed by atoms with Crippen molar-refractivity contribution in [2.45, 2.75) is 57.2 Å². The number of rotatable bonds is 5. The van der Waals surface area contributed by atoms with Crippen molar-refractivity contribution in [1.29, 1.82) is 0 Å². The van der Waals surface area contributed by atoms with Gasteiger partial charge in [0.05, 0.1) is 11.7 Å². The Balaban J connectivity index is 2.16. The highest BCUT2D eigenvalue weighted by Crippen LogP contribution is 2.40. The summed E-state index contributed by atoms with van der Waals surface area (Å²) in [6.07, 6.45) is 4.04. The van der Waals surface area contributed by atoms with E-state index in [-0.39, 0.29) is 5.60 Å². The predicted octanol–water partition coefficient (Wildman–Crippen LogP) is 3.80. The molecule has 0 heterocycles. The van der Waals surface area contributed by atoms with E-state index in [0.717, 1.165) is 5.56 Å². The Bertz CT molecular complexity index is 394. The normalized spacial score (nSPS) is 18.4. The maximum absolute atomic E-state index is 10.5. The molecule has 0 radical (unpaired) electrons. The smallest absolute Gasteiger partial charge is 0.0820 e. The van der Waals surface area contributed by atoms with Gasteiger partial charge in [0.1, 0.15) is 0 Å². The van der Waals surface area contributed by atoms with Crippen LogP contribution in [-0.2, 0) is 4.74 Å². The number of ether oxygens (including phenoxy) is 1. The average molecular weight is 248 g/mol. The van der Waals surface area contributed by atoms with E-state index in [2.05, 4.69) is 18.2 Å². The van der Waals surface area contributed by atoms with Crippen molar-refractivity contribution >= 4 is 0 Å². The van der Waals surface area contributed by atoms with E-state index < -0.39 is 6.10 Å². The van der Waals surface area contributed by atoms with E-state index >= 15 is 0 Å². The Labute approximate surface area is 110 Å². The molecule has 0 saturated heterocycles. The summed E-state index contributed by atoms with van der Waals surface area (Å²) in [5, 5.41) is 10.5. The van der Waals surface area contributed by atoms with Gasteiger partial charge in [0.2, 0.25) is 0 Å². The lowest BCUT2D eigenvalue weighted by atomic mass is 9.77. The summed E-state index contributed by atoms with van der Waals surface area (Å²) < 4.78 is 5.41. The molecule has 0 bridgehead atoms. The fourth-order valence-electron chi connectivity index (χ4n) is 2.56. The first kappa shape index (κ1) is 13.6. The molecule has 0 amide bonds. The molecule has 2 rings (SSSR count). The molecule has 0 spiro atoms. The third kappa shape index (κ3) is 2.93. The molecule has 1 atom stereocenters. The summed E-state index contributed by atoms with van der Waals surface area (Å²) in [6, 6.07) is 8.32. The molecule has 1 unspecified atom stereocenters. The maximum Gasteiger partial charge on any atom is 0.0820 e. The van der Waals surface area contributed by atoms with Gasteiger partial charge in [-0.15, -0.1) is 0 Å². The topological polar surface area (TPSA) is 29.5 Å². The number of hydrogen-bond acceptors (Lipinski definition) is 2. The molecule has 0 aromatic heterocycles. The van der Waals surface area contributed by atoms with E-state index in [1.165, 1.54) is 24.8 Å². The van der Waals surface area contributed by atoms with Gasteiger partial charge < -0.3 is 9.84 Å². The van der Waals surface area contributed by atoms with Crippen molar-refractivity contribution in [3.63, 3.8) is 0 Å². The van der Waals surface area contributed by atoms with Crippen molar-refractivity contribution in [3.05, 3.63) is 35.4 Å². The zero-order valence-electron chi connectivity index (χ0n) is 11.6. The third-order valence-corrected chi connectivity index (χ3v) is 4.14. The van der Waals surface area contributed by atoms with Gasteiger partial charge in [0, 0.05) is 13.5 Å². The van der Waals surface area contributed by atoms with Gasteiger partial charge in [-0.3, -0.25) is 0 Å². The number of benzene rings is 1. The molecular formula is C16H24O2. The molecule has 1 fully saturated rings. The van der Waals surface area contributed by atoms with Crippen LogP contribution in [0, 0.1) is 0 Å². The first-order chi connectivity index (χ1) is 8.53. The van der Waals surface area contributed by atoms with Gasteiger partial charge in [-0.25, -0.2) is 0 Å². The molecule has 1 aromatic rings. The third-order valence-electron chi connectivity index (χ3n) is 4.14. The standard InChI is InChI=1S/C16H24O2/c1-16(2,18-3)11-15(17)14-10-5-4-9-13(14)12-7-6-8-12/h4-5,9-10,12,15,17H,6-8,11H2,1-3H3. The lowest BCUT2D eigenvalue weighted by molar-refractivity contribution is -0.0204. The lowest BCUT2D eigenvalue weighted by Crippen LogP contribution is -2.26. The highest BCUT2D eigenvalue weighted by molar-refractivity contribution is 5.33. The number of aliphatic hydroxyl groups excluding tert-OH is 1. The largest absolute Gasteiger partial charge is 0.388 e. The SMILES string of the molecule is COC(C)(C)CC(O)c1ccccc1C1CCC1. The summed E-state index contributed by atoms with van der Waals surface area (Å²) in [6.45, 7) is 4.03. The highest BCUT2D eigenvalue weighted by atomic mass is 16.5. The Morgan fingerprint density at radius 2 is 2.00 bits per heavy atom. The van der Waals surface area contributed by atoms with Gasteiger partial charge in [-0.2, -0.15) is 0 Å². The minimum Gasteiger partial charge on any atom is -0.388 e. The Kier molecular flexibility index (Phi) is 4.08. The van der Waals surface area contributed by atoms with Crippen LogP contribution in [0.5, 0.6) is 0 Å². The average Bonchev–Trinajstić information content (AvgIpc) is 2.27. The van der Waals surface area contributed by atoms with Crippen LogP contribution in [-0.4, -0.2) is 17.8 Å². The second-order valence-electron chi connectivity index (χ2n) is 5.94. The van der Waals surface area contributed by atoms with Crippen molar-refractivity contribution in [2.24, 2.45) is 0 Å². The minimum absolute atomic E-state index is 0.286. The van der Waals surface area contributed by atoms with Crippen molar-refractivity contribution in [2.75, 3.05) is 7.11 Å². The number of methoxy groups -OCH3 is 1. The minimum atomic E-state index is -0.434. The Hall–Kier alpha value is -0.860. The summed E-state index contributed by atoms with van der Waals surface area (Å²) in [4.78, 5) is 0. The molecule has 1 aliphatic rings. The molecule has 1 aromatic carbocycles. The zero-order chi connectivity index (χ0) is 13.2. The van der Waals surface area contributed by atoms with E-state index in [1.807, 2.05) is 19.9 Å². The molecule has 18 heavy (non-hydrogen) atoms. The van der Waals surface area contributed by atoms with Crippen LogP contribution >= 0.6 is 0 Å². The van der Waals surface area contributed by atoms with E-state index in [4.69, 9.17) is 4.74 Å². The van der Waals surface area contributed by atoms with Crippen molar-refractivity contribution in [1.82, 2.24) is 0 Å². The van der Waals surface area contributed by atoms with Crippen LogP contribution in [0.4, 0.5) is 0 Å². The first-order valence-corrected chi connectivity index (χ1v) is 6.85. The second-order valence-corrected chi connectivity index (χ2v) is 5.94. The van der Waals surface area contributed by atoms with Crippen LogP contribution in [0.3, 0.4) is 0 Å². The van der Waals surface area contributed by atoms with Crippen LogP contribution in [0.2, 0.25) is 0 Å². The fourth-order valence-corrected chi connectivity index (χ4v) is 2.56. The van der Waals surface area contributed by atoms with Gasteiger partial charge in [-0.1, -0.05) is 30.7 Å². The van der Waals surface area contributed by atoms with Crippen LogP contribution < -0.4 is 0 Å². The van der Waals surface area contributed by atoms with Crippen LogP contribution in [0.1, 0.15) is 62.7 Å². The van der Waals surface area contributed by atoms with Crippen LogP contribution in [0.25, 0.3) is 0 Å². The summed E-state index contributed by atoms with van der Waals surface area (Å²) >= 11 is 0. The van der Waals surface area contributed by atoms with Crippen molar-refractivity contribution in [3.8, 4) is 0 Å². The van der Waals surface area contributed by atoms with Gasteiger partial charge in [-0.05, 0) is 43.7 Å². The highest BCUT2D eigenvalue weighted by Gasteiger charge is 2.27.